The van der Waals surface area contributed by atoms with Gasteiger partial charge in [0.2, 0.25) is 5.91 Å². The van der Waals surface area contributed by atoms with Gasteiger partial charge in [0.15, 0.2) is 0 Å². The highest BCUT2D eigenvalue weighted by molar-refractivity contribution is 5.97. The summed E-state index contributed by atoms with van der Waals surface area (Å²) >= 11 is 0. The third-order valence-corrected chi connectivity index (χ3v) is 5.45. The van der Waals surface area contributed by atoms with Crippen LogP contribution in [0.5, 0.6) is 0 Å². The van der Waals surface area contributed by atoms with Crippen LogP contribution in [0.4, 0.5) is 5.69 Å². The number of anilines is 1. The number of aromatic amines is 1. The van der Waals surface area contributed by atoms with Crippen LogP contribution < -0.4 is 4.90 Å². The van der Waals surface area contributed by atoms with Crippen LogP contribution in [0.2, 0.25) is 0 Å². The lowest BCUT2D eigenvalue weighted by Crippen LogP contribution is -2.54. The summed E-state index contributed by atoms with van der Waals surface area (Å²) in [6, 6.07) is 2.12. The molecule has 2 aromatic heterocycles. The van der Waals surface area contributed by atoms with E-state index in [0.717, 1.165) is 62.4 Å². The molecule has 2 aromatic rings. The number of hydrogen-bond donors (Lipinski definition) is 1. The Bertz CT molecular complexity index is 750. The minimum absolute atomic E-state index is 0.0169. The van der Waals surface area contributed by atoms with Gasteiger partial charge in [0, 0.05) is 37.9 Å². The quantitative estimate of drug-likeness (QED) is 0.924. The number of amides is 1. The second kappa shape index (κ2) is 6.63. The Labute approximate surface area is 148 Å². The highest BCUT2D eigenvalue weighted by Crippen LogP contribution is 2.30. The summed E-state index contributed by atoms with van der Waals surface area (Å²) in [4.78, 5) is 17.4. The van der Waals surface area contributed by atoms with Crippen molar-refractivity contribution in [2.45, 2.75) is 44.6 Å². The maximum Gasteiger partial charge on any atom is 0.244 e. The summed E-state index contributed by atoms with van der Waals surface area (Å²) in [5, 5.41) is 11.7. The maximum absolute atomic E-state index is 13.1. The summed E-state index contributed by atoms with van der Waals surface area (Å²) in [5.74, 6) is 0.637. The fourth-order valence-corrected chi connectivity index (χ4v) is 4.18. The molecule has 0 unspecified atom stereocenters. The fourth-order valence-electron chi connectivity index (χ4n) is 4.18. The van der Waals surface area contributed by atoms with Crippen LogP contribution in [0.1, 0.15) is 43.0 Å². The molecule has 7 heteroatoms. The second-order valence-electron chi connectivity index (χ2n) is 7.33. The van der Waals surface area contributed by atoms with Crippen LogP contribution in [-0.4, -0.2) is 56.5 Å². The molecule has 0 radical (unpaired) electrons. The number of carbonyl (C=O) groups is 1. The number of nitrogens with zero attached hydrogens (tertiary/aromatic N) is 5. The highest BCUT2D eigenvalue weighted by Gasteiger charge is 2.37. The molecule has 2 atom stereocenters. The number of carbonyl (C=O) groups excluding carboxylic acids is 1. The monoisotopic (exact) mass is 342 g/mol. The van der Waals surface area contributed by atoms with E-state index in [0.29, 0.717) is 5.92 Å². The smallest absolute Gasteiger partial charge is 0.244 e. The van der Waals surface area contributed by atoms with E-state index in [1.165, 1.54) is 0 Å². The van der Waals surface area contributed by atoms with Gasteiger partial charge in [0.05, 0.1) is 23.6 Å². The summed E-state index contributed by atoms with van der Waals surface area (Å²) in [6.45, 7) is 4.74. The van der Waals surface area contributed by atoms with Crippen molar-refractivity contribution in [3.05, 3.63) is 29.8 Å². The maximum atomic E-state index is 13.1. The summed E-state index contributed by atoms with van der Waals surface area (Å²) in [5.41, 5.74) is 3.15. The number of nitrogens with one attached hydrogen (secondary N) is 1. The van der Waals surface area contributed by atoms with Gasteiger partial charge in [-0.15, -0.1) is 0 Å². The summed E-state index contributed by atoms with van der Waals surface area (Å²) < 4.78 is 1.75. The lowest BCUT2D eigenvalue weighted by atomic mass is 9.91. The number of rotatable bonds is 3. The van der Waals surface area contributed by atoms with Crippen molar-refractivity contribution in [3.63, 3.8) is 0 Å². The number of aryl methyl sites for hydroxylation is 2. The molecule has 134 valence electrons. The third-order valence-electron chi connectivity index (χ3n) is 5.45. The molecule has 0 bridgehead atoms. The number of piperidine rings is 2. The molecular weight excluding hydrogens is 316 g/mol. The van der Waals surface area contributed by atoms with Gasteiger partial charge in [-0.1, -0.05) is 0 Å². The van der Waals surface area contributed by atoms with Crippen molar-refractivity contribution >= 4 is 11.6 Å². The molecule has 0 spiro atoms. The number of H-pyrrole nitrogens is 1. The van der Waals surface area contributed by atoms with Gasteiger partial charge in [-0.3, -0.25) is 19.5 Å². The Morgan fingerprint density at radius 1 is 1.24 bits per heavy atom. The van der Waals surface area contributed by atoms with E-state index in [1.807, 2.05) is 25.1 Å². The zero-order chi connectivity index (χ0) is 17.4. The van der Waals surface area contributed by atoms with Crippen molar-refractivity contribution in [1.82, 2.24) is 24.9 Å². The van der Waals surface area contributed by atoms with Gasteiger partial charge in [-0.2, -0.15) is 10.2 Å². The van der Waals surface area contributed by atoms with E-state index in [2.05, 4.69) is 26.3 Å². The minimum atomic E-state index is -0.0169. The van der Waals surface area contributed by atoms with Crippen LogP contribution in [0.3, 0.4) is 0 Å². The van der Waals surface area contributed by atoms with Crippen LogP contribution >= 0.6 is 0 Å². The largest absolute Gasteiger partial charge is 0.308 e. The van der Waals surface area contributed by atoms with Gasteiger partial charge in [0.1, 0.15) is 0 Å². The van der Waals surface area contributed by atoms with Gasteiger partial charge >= 0.3 is 0 Å². The van der Waals surface area contributed by atoms with Gasteiger partial charge in [0.25, 0.3) is 0 Å². The Hall–Kier alpha value is -2.15. The van der Waals surface area contributed by atoms with E-state index >= 15 is 0 Å². The molecule has 1 amide bonds. The highest BCUT2D eigenvalue weighted by atomic mass is 16.2. The van der Waals surface area contributed by atoms with Crippen LogP contribution in [0, 0.1) is 6.92 Å². The predicted molar refractivity (Wildman–Crippen MR) is 95.5 cm³/mol. The molecule has 2 aliphatic heterocycles. The van der Waals surface area contributed by atoms with E-state index < -0.39 is 0 Å². The van der Waals surface area contributed by atoms with Gasteiger partial charge in [-0.05, 0) is 45.2 Å². The number of hydrogen-bond acceptors (Lipinski definition) is 4. The van der Waals surface area contributed by atoms with Gasteiger partial charge in [-0.25, -0.2) is 0 Å². The van der Waals surface area contributed by atoms with Crippen molar-refractivity contribution in [3.8, 4) is 0 Å². The van der Waals surface area contributed by atoms with E-state index in [1.54, 1.807) is 10.9 Å². The SMILES string of the molecule is Cc1cc([C@@H]2CCCN([C@H]3CCCN(c4cnn(C)c4)C3=O)C2)n[nH]1. The van der Waals surface area contributed by atoms with Crippen molar-refractivity contribution in [2.75, 3.05) is 24.5 Å². The van der Waals surface area contributed by atoms with E-state index in [4.69, 9.17) is 0 Å². The zero-order valence-electron chi connectivity index (χ0n) is 15.0. The zero-order valence-corrected chi connectivity index (χ0v) is 15.0. The average molecular weight is 342 g/mol. The Morgan fingerprint density at radius 3 is 2.80 bits per heavy atom. The third kappa shape index (κ3) is 3.20. The Kier molecular flexibility index (Phi) is 4.33. The van der Waals surface area contributed by atoms with Crippen LogP contribution in [-0.2, 0) is 11.8 Å². The predicted octanol–water partition coefficient (Wildman–Crippen LogP) is 1.83. The molecule has 0 aliphatic carbocycles. The molecular formula is C18H26N6O. The van der Waals surface area contributed by atoms with Crippen LogP contribution in [0.15, 0.2) is 18.5 Å². The molecule has 1 N–H and O–H groups in total. The van der Waals surface area contributed by atoms with E-state index in [9.17, 15) is 4.79 Å². The topological polar surface area (TPSA) is 70.1 Å². The molecule has 4 rings (SSSR count). The standard InChI is InChI=1S/C18H26N6O/c1-13-9-16(21-20-13)14-5-3-7-23(11-14)17-6-4-8-24(18(17)25)15-10-19-22(2)12-15/h9-10,12,14,17H,3-8,11H2,1-2H3,(H,20,21)/t14-,17+/m1/s1. The molecule has 4 heterocycles. The Morgan fingerprint density at radius 2 is 2.08 bits per heavy atom. The first-order chi connectivity index (χ1) is 12.1. The number of aromatic nitrogens is 4. The lowest BCUT2D eigenvalue weighted by molar-refractivity contribution is -0.125. The molecule has 2 aliphatic rings. The van der Waals surface area contributed by atoms with Crippen molar-refractivity contribution in [1.29, 1.82) is 0 Å². The molecule has 2 saturated heterocycles. The molecule has 25 heavy (non-hydrogen) atoms. The molecule has 0 saturated carbocycles. The summed E-state index contributed by atoms with van der Waals surface area (Å²) in [7, 11) is 1.89. The normalized spacial score (nSPS) is 25.5. The van der Waals surface area contributed by atoms with Crippen molar-refractivity contribution in [2.24, 2.45) is 7.05 Å². The molecule has 0 aromatic carbocycles. The first-order valence-electron chi connectivity index (χ1n) is 9.18. The second-order valence-corrected chi connectivity index (χ2v) is 7.33. The first kappa shape index (κ1) is 16.3. The number of likely N-dealkylation sites (tertiary alicyclic amines) is 1. The van der Waals surface area contributed by atoms with E-state index in [-0.39, 0.29) is 11.9 Å². The van der Waals surface area contributed by atoms with Crippen LogP contribution in [0.25, 0.3) is 0 Å². The molecule has 7 nitrogen and oxygen atoms in total. The summed E-state index contributed by atoms with van der Waals surface area (Å²) in [6.07, 6.45) is 7.95. The first-order valence-corrected chi connectivity index (χ1v) is 9.18. The van der Waals surface area contributed by atoms with Crippen molar-refractivity contribution < 1.29 is 4.79 Å². The average Bonchev–Trinajstić information content (AvgIpc) is 3.24. The molecule has 2 fully saturated rings. The fraction of sp³-hybridized carbons (Fsp3) is 0.611. The van der Waals surface area contributed by atoms with Gasteiger partial charge < -0.3 is 4.90 Å². The minimum Gasteiger partial charge on any atom is -0.308 e. The lowest BCUT2D eigenvalue weighted by Gasteiger charge is -2.41. The Balaban J connectivity index is 1.49.